The number of amides is 1. The van der Waals surface area contributed by atoms with Crippen LogP contribution in [0.15, 0.2) is 0 Å². The molecule has 5 heteroatoms. The second-order valence-electron chi connectivity index (χ2n) is 2.79. The molecule has 0 bridgehead atoms. The van der Waals surface area contributed by atoms with Gasteiger partial charge in [-0.2, -0.15) is 11.8 Å². The van der Waals surface area contributed by atoms with Crippen LogP contribution < -0.4 is 5.32 Å². The molecule has 0 heterocycles. The summed E-state index contributed by atoms with van der Waals surface area (Å²) in [6.45, 7) is 1.78. The maximum Gasteiger partial charge on any atom is 0.308 e. The van der Waals surface area contributed by atoms with Gasteiger partial charge in [0.1, 0.15) is 0 Å². The molecule has 1 amide bonds. The number of hydrogen-bond donors (Lipinski definition) is 2. The zero-order valence-corrected chi connectivity index (χ0v) is 8.69. The fourth-order valence-electron chi connectivity index (χ4n) is 0.637. The highest BCUT2D eigenvalue weighted by Gasteiger charge is 2.11. The van der Waals surface area contributed by atoms with Crippen molar-refractivity contribution >= 4 is 23.6 Å². The number of thioether (sulfide) groups is 1. The van der Waals surface area contributed by atoms with Gasteiger partial charge in [0.05, 0.1) is 5.92 Å². The molecule has 1 atom stereocenters. The van der Waals surface area contributed by atoms with Gasteiger partial charge in [-0.1, -0.05) is 6.92 Å². The maximum atomic E-state index is 11.0. The molecule has 1 unspecified atom stereocenters. The summed E-state index contributed by atoms with van der Waals surface area (Å²) in [6, 6.07) is 0. The molecule has 0 spiro atoms. The Labute approximate surface area is 82.1 Å². The van der Waals surface area contributed by atoms with Gasteiger partial charge in [0.15, 0.2) is 0 Å². The van der Waals surface area contributed by atoms with E-state index < -0.39 is 11.9 Å². The van der Waals surface area contributed by atoms with Crippen LogP contribution in [0.4, 0.5) is 0 Å². The fourth-order valence-corrected chi connectivity index (χ4v) is 1.03. The number of rotatable bonds is 6. The van der Waals surface area contributed by atoms with Crippen molar-refractivity contribution in [1.29, 1.82) is 0 Å². The first-order chi connectivity index (χ1) is 6.07. The topological polar surface area (TPSA) is 66.4 Å². The average molecular weight is 205 g/mol. The summed E-state index contributed by atoms with van der Waals surface area (Å²) in [5.41, 5.74) is 0. The molecule has 4 nitrogen and oxygen atoms in total. The summed E-state index contributed by atoms with van der Waals surface area (Å²) in [6.07, 6.45) is 2.38. The van der Waals surface area contributed by atoms with E-state index in [1.165, 1.54) is 0 Å². The summed E-state index contributed by atoms with van der Waals surface area (Å²) >= 11 is 1.59. The Kier molecular flexibility index (Phi) is 6.40. The van der Waals surface area contributed by atoms with E-state index in [-0.39, 0.29) is 12.5 Å². The van der Waals surface area contributed by atoms with Crippen molar-refractivity contribution in [3.63, 3.8) is 0 Å². The highest BCUT2D eigenvalue weighted by Crippen LogP contribution is 1.96. The Balaban J connectivity index is 3.52. The smallest absolute Gasteiger partial charge is 0.308 e. The minimum absolute atomic E-state index is 0.0811. The summed E-state index contributed by atoms with van der Waals surface area (Å²) in [4.78, 5) is 21.4. The third kappa shape index (κ3) is 6.45. The van der Waals surface area contributed by atoms with E-state index in [0.29, 0.717) is 6.42 Å². The quantitative estimate of drug-likeness (QED) is 0.665. The van der Waals surface area contributed by atoms with Crippen LogP contribution in [0.25, 0.3) is 0 Å². The molecule has 13 heavy (non-hydrogen) atoms. The summed E-state index contributed by atoms with van der Waals surface area (Å²) in [7, 11) is 0. The average Bonchev–Trinajstić information content (AvgIpc) is 2.10. The lowest BCUT2D eigenvalue weighted by Gasteiger charge is -2.07. The molecule has 0 rings (SSSR count). The molecule has 0 aliphatic carbocycles. The first-order valence-electron chi connectivity index (χ1n) is 4.06. The predicted molar refractivity (Wildman–Crippen MR) is 52.8 cm³/mol. The van der Waals surface area contributed by atoms with E-state index >= 15 is 0 Å². The molecular formula is C8H15NO3S. The Hall–Kier alpha value is -0.710. The van der Waals surface area contributed by atoms with Gasteiger partial charge in [0.2, 0.25) is 5.91 Å². The largest absolute Gasteiger partial charge is 0.481 e. The van der Waals surface area contributed by atoms with E-state index in [9.17, 15) is 9.59 Å². The maximum absolute atomic E-state index is 11.0. The molecule has 0 aliphatic rings. The molecule has 0 fully saturated rings. The zero-order valence-electron chi connectivity index (χ0n) is 7.87. The first kappa shape index (κ1) is 12.3. The van der Waals surface area contributed by atoms with Crippen LogP contribution in [0, 0.1) is 5.92 Å². The highest BCUT2D eigenvalue weighted by atomic mass is 32.2. The lowest BCUT2D eigenvalue weighted by atomic mass is 10.2. The number of nitrogens with one attached hydrogen (secondary N) is 1. The van der Waals surface area contributed by atoms with Gasteiger partial charge in [-0.15, -0.1) is 0 Å². The molecule has 76 valence electrons. The molecule has 0 aromatic carbocycles. The van der Waals surface area contributed by atoms with Gasteiger partial charge in [0, 0.05) is 18.7 Å². The van der Waals surface area contributed by atoms with Crippen LogP contribution in [0.5, 0.6) is 0 Å². The number of carboxylic acids is 1. The van der Waals surface area contributed by atoms with E-state index in [1.807, 2.05) is 6.26 Å². The zero-order chi connectivity index (χ0) is 10.3. The Morgan fingerprint density at radius 1 is 1.54 bits per heavy atom. The van der Waals surface area contributed by atoms with Crippen LogP contribution in [0.1, 0.15) is 13.3 Å². The van der Waals surface area contributed by atoms with Gasteiger partial charge in [0.25, 0.3) is 0 Å². The summed E-state index contributed by atoms with van der Waals surface area (Å²) in [5.74, 6) is -0.710. The van der Waals surface area contributed by atoms with Crippen LogP contribution in [-0.2, 0) is 9.59 Å². The van der Waals surface area contributed by atoms with Gasteiger partial charge in [-0.25, -0.2) is 0 Å². The lowest BCUT2D eigenvalue weighted by molar-refractivity contribution is -0.141. The second kappa shape index (κ2) is 6.77. The minimum atomic E-state index is -0.884. The van der Waals surface area contributed by atoms with Crippen molar-refractivity contribution < 1.29 is 14.7 Å². The first-order valence-corrected chi connectivity index (χ1v) is 5.45. The molecule has 2 N–H and O–H groups in total. The number of carbonyl (C=O) groups is 2. The molecule has 0 aliphatic heterocycles. The molecule has 0 aromatic heterocycles. The van der Waals surface area contributed by atoms with Gasteiger partial charge in [-0.3, -0.25) is 9.59 Å². The van der Waals surface area contributed by atoms with Crippen LogP contribution in [0.3, 0.4) is 0 Å². The second-order valence-corrected chi connectivity index (χ2v) is 3.77. The van der Waals surface area contributed by atoms with Crippen molar-refractivity contribution in [3.05, 3.63) is 0 Å². The number of carboxylic acid groups (broad SMARTS) is 1. The molecule has 0 saturated heterocycles. The molecular weight excluding hydrogens is 190 g/mol. The Morgan fingerprint density at radius 2 is 2.15 bits per heavy atom. The Morgan fingerprint density at radius 3 is 2.62 bits per heavy atom. The molecule has 0 radical (unpaired) electrons. The summed E-state index contributed by atoms with van der Waals surface area (Å²) in [5, 5.41) is 11.1. The Bertz CT molecular complexity index is 184. The van der Waals surface area contributed by atoms with Crippen molar-refractivity contribution in [2.45, 2.75) is 13.3 Å². The third-order valence-corrected chi connectivity index (χ3v) is 2.17. The number of aliphatic carboxylic acids is 1. The molecule has 0 aromatic rings. The van der Waals surface area contributed by atoms with Crippen LogP contribution in [0.2, 0.25) is 0 Å². The minimum Gasteiger partial charge on any atom is -0.481 e. The predicted octanol–water partition coefficient (Wildman–Crippen LogP) is 0.576. The van der Waals surface area contributed by atoms with E-state index in [4.69, 9.17) is 5.11 Å². The van der Waals surface area contributed by atoms with Crippen molar-refractivity contribution in [2.24, 2.45) is 5.92 Å². The third-order valence-electron chi connectivity index (χ3n) is 1.56. The standard InChI is InChI=1S/C8H15NO3S/c1-6(8(11)12)5-9-7(10)3-4-13-2/h6H,3-5H2,1-2H3,(H,9,10)(H,11,12). The normalized spacial score (nSPS) is 12.2. The van der Waals surface area contributed by atoms with E-state index in [2.05, 4.69) is 5.32 Å². The number of hydrogen-bond acceptors (Lipinski definition) is 3. The van der Waals surface area contributed by atoms with Gasteiger partial charge >= 0.3 is 5.97 Å². The van der Waals surface area contributed by atoms with E-state index in [0.717, 1.165) is 5.75 Å². The highest BCUT2D eigenvalue weighted by molar-refractivity contribution is 7.98. The monoisotopic (exact) mass is 205 g/mol. The van der Waals surface area contributed by atoms with E-state index in [1.54, 1.807) is 18.7 Å². The van der Waals surface area contributed by atoms with Gasteiger partial charge < -0.3 is 10.4 Å². The van der Waals surface area contributed by atoms with Crippen LogP contribution in [-0.4, -0.2) is 35.5 Å². The number of carbonyl (C=O) groups excluding carboxylic acids is 1. The van der Waals surface area contributed by atoms with Crippen LogP contribution >= 0.6 is 11.8 Å². The van der Waals surface area contributed by atoms with Crippen molar-refractivity contribution in [3.8, 4) is 0 Å². The lowest BCUT2D eigenvalue weighted by Crippen LogP contribution is -2.31. The van der Waals surface area contributed by atoms with Crippen molar-refractivity contribution in [2.75, 3.05) is 18.6 Å². The fraction of sp³-hybridized carbons (Fsp3) is 0.750. The molecule has 0 saturated carbocycles. The summed E-state index contributed by atoms with van der Waals surface area (Å²) < 4.78 is 0. The van der Waals surface area contributed by atoms with Gasteiger partial charge in [-0.05, 0) is 6.26 Å². The SMILES string of the molecule is CSCCC(=O)NCC(C)C(=O)O. The van der Waals surface area contributed by atoms with Crippen molar-refractivity contribution in [1.82, 2.24) is 5.32 Å².